The molecule has 0 radical (unpaired) electrons. The minimum Gasteiger partial charge on any atom is -0.379 e. The van der Waals surface area contributed by atoms with Gasteiger partial charge in [-0.3, -0.25) is 4.99 Å². The lowest BCUT2D eigenvalue weighted by Crippen LogP contribution is -2.07. The molecule has 0 amide bonds. The van der Waals surface area contributed by atoms with Crippen molar-refractivity contribution in [3.63, 3.8) is 0 Å². The Kier molecular flexibility index (Phi) is 6.11. The van der Waals surface area contributed by atoms with Crippen LogP contribution in [0, 0.1) is 0 Å². The van der Waals surface area contributed by atoms with Crippen LogP contribution in [0.25, 0.3) is 0 Å². The Balaban J connectivity index is 2.45. The Morgan fingerprint density at radius 3 is 2.69 bits per heavy atom. The normalized spacial score (nSPS) is 11.4. The number of benzene rings is 1. The molecule has 1 rings (SSSR count). The van der Waals surface area contributed by atoms with Gasteiger partial charge in [0.2, 0.25) is 0 Å². The van der Waals surface area contributed by atoms with E-state index in [1.54, 1.807) is 29.6 Å². The third kappa shape index (κ3) is 4.77. The van der Waals surface area contributed by atoms with Gasteiger partial charge in [0.1, 0.15) is 0 Å². The molecule has 0 fully saturated rings. The van der Waals surface area contributed by atoms with Gasteiger partial charge in [-0.2, -0.15) is 0 Å². The van der Waals surface area contributed by atoms with Crippen molar-refractivity contribution in [2.45, 2.75) is 10.6 Å². The van der Waals surface area contributed by atoms with E-state index in [0.29, 0.717) is 11.7 Å². The van der Waals surface area contributed by atoms with Crippen LogP contribution >= 0.6 is 23.5 Å². The molecular formula is C12H16N2S2. The van der Waals surface area contributed by atoms with E-state index in [4.69, 9.17) is 5.73 Å². The van der Waals surface area contributed by atoms with Crippen molar-refractivity contribution in [2.75, 3.05) is 12.8 Å². The smallest absolute Gasteiger partial charge is 0.154 e. The molecule has 0 saturated heterocycles. The fourth-order valence-corrected chi connectivity index (χ4v) is 2.16. The predicted octanol–water partition coefficient (Wildman–Crippen LogP) is 3.14. The molecule has 0 spiro atoms. The van der Waals surface area contributed by atoms with Crippen molar-refractivity contribution in [2.24, 2.45) is 10.7 Å². The van der Waals surface area contributed by atoms with Gasteiger partial charge in [0.15, 0.2) is 5.17 Å². The first kappa shape index (κ1) is 13.2. The maximum absolute atomic E-state index is 5.72. The van der Waals surface area contributed by atoms with E-state index in [1.807, 2.05) is 0 Å². The van der Waals surface area contributed by atoms with Crippen molar-refractivity contribution in [1.82, 2.24) is 0 Å². The summed E-state index contributed by atoms with van der Waals surface area (Å²) in [4.78, 5) is 5.41. The number of rotatable bonds is 5. The molecule has 0 unspecified atom stereocenters. The summed E-state index contributed by atoms with van der Waals surface area (Å²) in [6.45, 7) is 4.18. The van der Waals surface area contributed by atoms with Gasteiger partial charge in [0, 0.05) is 10.6 Å². The summed E-state index contributed by atoms with van der Waals surface area (Å²) in [5.41, 5.74) is 6.99. The molecule has 86 valence electrons. The number of aliphatic imine (C=N–C) groups is 1. The quantitative estimate of drug-likeness (QED) is 0.379. The predicted molar refractivity (Wildman–Crippen MR) is 76.2 cm³/mol. The molecule has 0 aromatic heterocycles. The van der Waals surface area contributed by atoms with Crippen molar-refractivity contribution < 1.29 is 0 Å². The number of thioether (sulfide) groups is 2. The highest BCUT2D eigenvalue weighted by atomic mass is 32.2. The summed E-state index contributed by atoms with van der Waals surface area (Å²) in [5.74, 6) is 0.862. The molecule has 0 bridgehead atoms. The Bertz CT molecular complexity index is 358. The number of hydrogen-bond acceptors (Lipinski definition) is 3. The van der Waals surface area contributed by atoms with Crippen LogP contribution in [0.3, 0.4) is 0 Å². The van der Waals surface area contributed by atoms with E-state index in [-0.39, 0.29) is 0 Å². The lowest BCUT2D eigenvalue weighted by molar-refractivity contribution is 1.25. The van der Waals surface area contributed by atoms with Crippen LogP contribution in [0.1, 0.15) is 5.56 Å². The molecule has 0 aliphatic carbocycles. The maximum Gasteiger partial charge on any atom is 0.154 e. The zero-order chi connectivity index (χ0) is 11.8. The first-order valence-electron chi connectivity index (χ1n) is 4.93. The van der Waals surface area contributed by atoms with E-state index in [9.17, 15) is 0 Å². The molecule has 2 N–H and O–H groups in total. The summed E-state index contributed by atoms with van der Waals surface area (Å²) in [5, 5.41) is 0.619. The summed E-state index contributed by atoms with van der Waals surface area (Å²) in [6, 6.07) is 8.49. The van der Waals surface area contributed by atoms with Crippen LogP contribution < -0.4 is 5.73 Å². The lowest BCUT2D eigenvalue weighted by Gasteiger charge is -2.02. The summed E-state index contributed by atoms with van der Waals surface area (Å²) in [6.07, 6.45) is 3.81. The molecule has 1 aromatic rings. The highest BCUT2D eigenvalue weighted by Gasteiger charge is 1.97. The number of hydrogen-bond donors (Lipinski definition) is 1. The topological polar surface area (TPSA) is 38.4 Å². The van der Waals surface area contributed by atoms with E-state index in [0.717, 1.165) is 5.75 Å². The standard InChI is InChI=1S/C12H16N2S2/c1-3-8-14-12(13)16-9-10-4-6-11(15-2)7-5-10/h3-7H,1,8-9H2,2H3,(H2,13,14). The van der Waals surface area contributed by atoms with Gasteiger partial charge in [-0.15, -0.1) is 18.3 Å². The van der Waals surface area contributed by atoms with Crippen LogP contribution in [0.5, 0.6) is 0 Å². The zero-order valence-corrected chi connectivity index (χ0v) is 11.0. The van der Waals surface area contributed by atoms with Crippen LogP contribution in [0.15, 0.2) is 46.8 Å². The van der Waals surface area contributed by atoms with Gasteiger partial charge >= 0.3 is 0 Å². The summed E-state index contributed by atoms with van der Waals surface area (Å²) in [7, 11) is 0. The van der Waals surface area contributed by atoms with Crippen molar-refractivity contribution in [3.8, 4) is 0 Å². The average Bonchev–Trinajstić information content (AvgIpc) is 2.34. The molecule has 0 atom stereocenters. The van der Waals surface area contributed by atoms with Gasteiger partial charge in [-0.25, -0.2) is 0 Å². The largest absolute Gasteiger partial charge is 0.379 e. The van der Waals surface area contributed by atoms with Crippen LogP contribution in [0.2, 0.25) is 0 Å². The Morgan fingerprint density at radius 1 is 1.44 bits per heavy atom. The molecule has 0 saturated carbocycles. The van der Waals surface area contributed by atoms with Gasteiger partial charge < -0.3 is 5.73 Å². The summed E-state index contributed by atoms with van der Waals surface area (Å²) >= 11 is 3.30. The first-order chi connectivity index (χ1) is 7.76. The molecule has 0 heterocycles. The molecule has 0 aliphatic heterocycles. The van der Waals surface area contributed by atoms with E-state index in [1.165, 1.54) is 10.5 Å². The molecule has 1 aromatic carbocycles. The second-order valence-corrected chi connectivity index (χ2v) is 4.98. The molecule has 0 aliphatic rings. The van der Waals surface area contributed by atoms with Crippen LogP contribution in [0.4, 0.5) is 0 Å². The van der Waals surface area contributed by atoms with Gasteiger partial charge in [0.05, 0.1) is 6.54 Å². The van der Waals surface area contributed by atoms with Crippen molar-refractivity contribution in [1.29, 1.82) is 0 Å². The molecule has 4 heteroatoms. The Labute approximate surface area is 105 Å². The van der Waals surface area contributed by atoms with Crippen molar-refractivity contribution in [3.05, 3.63) is 42.5 Å². The number of nitrogens with two attached hydrogens (primary N) is 1. The van der Waals surface area contributed by atoms with E-state index >= 15 is 0 Å². The third-order valence-corrected chi connectivity index (χ3v) is 3.57. The SMILES string of the molecule is C=CCN=C(N)SCc1ccc(SC)cc1. The molecule has 2 nitrogen and oxygen atoms in total. The third-order valence-electron chi connectivity index (χ3n) is 1.92. The average molecular weight is 252 g/mol. The number of nitrogens with zero attached hydrogens (tertiary/aromatic N) is 1. The summed E-state index contributed by atoms with van der Waals surface area (Å²) < 4.78 is 0. The second kappa shape index (κ2) is 7.41. The Morgan fingerprint density at radius 2 is 2.12 bits per heavy atom. The second-order valence-electron chi connectivity index (χ2n) is 3.10. The fourth-order valence-electron chi connectivity index (χ4n) is 1.08. The highest BCUT2D eigenvalue weighted by Crippen LogP contribution is 2.18. The first-order valence-corrected chi connectivity index (χ1v) is 7.14. The maximum atomic E-state index is 5.72. The monoisotopic (exact) mass is 252 g/mol. The van der Waals surface area contributed by atoms with Crippen molar-refractivity contribution >= 4 is 28.7 Å². The highest BCUT2D eigenvalue weighted by molar-refractivity contribution is 8.13. The Hall–Kier alpha value is -0.870. The van der Waals surface area contributed by atoms with Gasteiger partial charge in [-0.1, -0.05) is 30.0 Å². The minimum atomic E-state index is 0.588. The molecular weight excluding hydrogens is 236 g/mol. The minimum absolute atomic E-state index is 0.588. The van der Waals surface area contributed by atoms with E-state index < -0.39 is 0 Å². The number of amidine groups is 1. The van der Waals surface area contributed by atoms with Crippen LogP contribution in [-0.2, 0) is 5.75 Å². The van der Waals surface area contributed by atoms with Crippen LogP contribution in [-0.4, -0.2) is 18.0 Å². The van der Waals surface area contributed by atoms with Gasteiger partial charge in [0.25, 0.3) is 0 Å². The van der Waals surface area contributed by atoms with E-state index in [2.05, 4.69) is 42.1 Å². The fraction of sp³-hybridized carbons (Fsp3) is 0.250. The zero-order valence-electron chi connectivity index (χ0n) is 9.35. The lowest BCUT2D eigenvalue weighted by atomic mass is 10.2. The molecule has 16 heavy (non-hydrogen) atoms. The van der Waals surface area contributed by atoms with Gasteiger partial charge in [-0.05, 0) is 24.0 Å².